The van der Waals surface area contributed by atoms with E-state index in [1.165, 1.54) is 106 Å². The predicted molar refractivity (Wildman–Crippen MR) is 242 cm³/mol. The molecule has 6 aromatic carbocycles. The summed E-state index contributed by atoms with van der Waals surface area (Å²) in [6.45, 7) is 6.79. The lowest BCUT2D eigenvalue weighted by Crippen LogP contribution is -2.55. The first-order valence-corrected chi connectivity index (χ1v) is 20.4. The van der Waals surface area contributed by atoms with Crippen molar-refractivity contribution in [2.45, 2.75) is 59.3 Å². The number of benzene rings is 6. The maximum atomic E-state index is 2.54. The number of allylic oxidation sites excluding steroid dienone is 10. The van der Waals surface area contributed by atoms with E-state index in [9.17, 15) is 0 Å². The summed E-state index contributed by atoms with van der Waals surface area (Å²) >= 11 is 0. The Hall–Kier alpha value is -5.66. The van der Waals surface area contributed by atoms with E-state index in [4.69, 9.17) is 0 Å². The first-order chi connectivity index (χ1) is 27.1. The van der Waals surface area contributed by atoms with Crippen LogP contribution < -0.4 is 16.4 Å². The average Bonchev–Trinajstić information content (AvgIpc) is 3.48. The Bertz CT molecular complexity index is 2640. The largest absolute Gasteiger partial charge is 0.243 e. The van der Waals surface area contributed by atoms with Gasteiger partial charge in [0.1, 0.15) is 0 Å². The maximum absolute atomic E-state index is 2.54. The fraction of sp³-hybridized carbons (Fsp3) is 0.185. The van der Waals surface area contributed by atoms with E-state index in [0.29, 0.717) is 5.92 Å². The van der Waals surface area contributed by atoms with Gasteiger partial charge in [0.15, 0.2) is 0 Å². The fourth-order valence-electron chi connectivity index (χ4n) is 9.62. The minimum absolute atomic E-state index is 0.0485. The van der Waals surface area contributed by atoms with Crippen molar-refractivity contribution < 1.29 is 0 Å². The van der Waals surface area contributed by atoms with Crippen molar-refractivity contribution in [1.82, 2.24) is 0 Å². The topological polar surface area (TPSA) is 0 Å². The van der Waals surface area contributed by atoms with Crippen LogP contribution in [-0.2, 0) is 6.42 Å². The Morgan fingerprint density at radius 3 is 2.42 bits per heavy atom. The molecule has 6 aromatic rings. The molecular formula is C54H49B. The number of rotatable bonds is 8. The maximum Gasteiger partial charge on any atom is 0.243 e. The monoisotopic (exact) mass is 708 g/mol. The molecule has 0 fully saturated rings. The molecule has 3 aliphatic carbocycles. The lowest BCUT2D eigenvalue weighted by atomic mass is 9.34. The summed E-state index contributed by atoms with van der Waals surface area (Å²) in [5.74, 6) is 0.654. The van der Waals surface area contributed by atoms with Crippen LogP contribution in [0.4, 0.5) is 0 Å². The van der Waals surface area contributed by atoms with Gasteiger partial charge in [-0.25, -0.2) is 0 Å². The van der Waals surface area contributed by atoms with Crippen molar-refractivity contribution in [2.24, 2.45) is 5.92 Å². The molecule has 268 valence electrons. The fourth-order valence-corrected chi connectivity index (χ4v) is 9.62. The Labute approximate surface area is 328 Å². The Balaban J connectivity index is 1.28. The molecule has 0 nitrogen and oxygen atoms in total. The molecule has 0 spiro atoms. The molecule has 0 heterocycles. The lowest BCUT2D eigenvalue weighted by molar-refractivity contribution is 0.567. The van der Waals surface area contributed by atoms with Gasteiger partial charge in [0, 0.05) is 0 Å². The summed E-state index contributed by atoms with van der Waals surface area (Å²) in [6, 6.07) is 39.4. The molecule has 0 amide bonds. The molecule has 55 heavy (non-hydrogen) atoms. The van der Waals surface area contributed by atoms with Crippen LogP contribution in [0.2, 0.25) is 0 Å². The summed E-state index contributed by atoms with van der Waals surface area (Å²) in [5, 5.41) is 5.29. The second-order valence-electron chi connectivity index (χ2n) is 15.7. The second kappa shape index (κ2) is 15.2. The molecule has 0 saturated heterocycles. The van der Waals surface area contributed by atoms with Gasteiger partial charge in [-0.2, -0.15) is 0 Å². The van der Waals surface area contributed by atoms with Gasteiger partial charge in [-0.15, -0.1) is 0 Å². The molecule has 0 aromatic heterocycles. The number of hydrogen-bond acceptors (Lipinski definition) is 0. The summed E-state index contributed by atoms with van der Waals surface area (Å²) in [5.41, 5.74) is 17.7. The quantitative estimate of drug-likeness (QED) is 0.109. The molecule has 0 bridgehead atoms. The van der Waals surface area contributed by atoms with E-state index in [1.54, 1.807) is 0 Å². The minimum Gasteiger partial charge on any atom is -0.0917 e. The summed E-state index contributed by atoms with van der Waals surface area (Å²) in [4.78, 5) is 0. The zero-order valence-corrected chi connectivity index (χ0v) is 32.5. The molecule has 0 aliphatic heterocycles. The number of hydrogen-bond donors (Lipinski definition) is 0. The minimum atomic E-state index is 0.0485. The zero-order valence-electron chi connectivity index (χ0n) is 32.5. The lowest BCUT2D eigenvalue weighted by Gasteiger charge is -2.27. The molecule has 1 unspecified atom stereocenters. The van der Waals surface area contributed by atoms with Crippen LogP contribution in [0, 0.1) is 19.8 Å². The molecule has 9 rings (SSSR count). The van der Waals surface area contributed by atoms with Crippen LogP contribution >= 0.6 is 0 Å². The third-order valence-corrected chi connectivity index (χ3v) is 12.3. The highest BCUT2D eigenvalue weighted by Gasteiger charge is 2.30. The zero-order chi connectivity index (χ0) is 37.3. The van der Waals surface area contributed by atoms with Crippen LogP contribution in [-0.4, -0.2) is 6.71 Å². The van der Waals surface area contributed by atoms with Crippen molar-refractivity contribution >= 4 is 62.4 Å². The van der Waals surface area contributed by atoms with Crippen LogP contribution in [0.3, 0.4) is 0 Å². The van der Waals surface area contributed by atoms with Gasteiger partial charge >= 0.3 is 0 Å². The standard InChI is InChI=1S/C54H49B/c1-4-5-7-21-44-36-51(49-26-14-15-27-50(49)52(44)45-33-32-39-17-10-11-20-42(39)34-45)43-22-16-23-46(35-43)55(54-38(3)29-31-41-19-12-13-25-48(41)54)53-37(2)28-30-40-18-8-6-9-24-47(40)53/h4-5,8-9,11-16,18-20,22-31,33-36,39H,6-7,10,17,21,32H2,1-3H3/b5-4-. The van der Waals surface area contributed by atoms with Gasteiger partial charge in [-0.05, 0) is 137 Å². The molecule has 0 saturated carbocycles. The van der Waals surface area contributed by atoms with Gasteiger partial charge in [-0.1, -0.05) is 185 Å². The normalized spacial score (nSPS) is 16.2. The van der Waals surface area contributed by atoms with Crippen molar-refractivity contribution in [3.05, 3.63) is 191 Å². The Morgan fingerprint density at radius 1 is 0.727 bits per heavy atom. The predicted octanol–water partition coefficient (Wildman–Crippen LogP) is 12.4. The number of aryl methyl sites for hydroxylation is 3. The Kier molecular flexibility index (Phi) is 9.71. The van der Waals surface area contributed by atoms with E-state index >= 15 is 0 Å². The smallest absolute Gasteiger partial charge is 0.0917 e. The first kappa shape index (κ1) is 35.1. The summed E-state index contributed by atoms with van der Waals surface area (Å²) < 4.78 is 0. The molecule has 1 heteroatoms. The van der Waals surface area contributed by atoms with Crippen LogP contribution in [0.1, 0.15) is 72.4 Å². The SMILES string of the molecule is C/C=C\CCc1cc(-c2cccc(B(c3c(C)ccc4c3C=CCC=C4)c3c(C)ccc4ccccc34)c2)c2ccccc2c1C1=CCC2CCC=CC2=C1. The molecule has 0 radical (unpaired) electrons. The van der Waals surface area contributed by atoms with Gasteiger partial charge in [0.05, 0.1) is 0 Å². The van der Waals surface area contributed by atoms with E-state index in [1.807, 2.05) is 0 Å². The third-order valence-electron chi connectivity index (χ3n) is 12.3. The third kappa shape index (κ3) is 6.61. The van der Waals surface area contributed by atoms with Gasteiger partial charge in [0.2, 0.25) is 6.71 Å². The van der Waals surface area contributed by atoms with E-state index in [-0.39, 0.29) is 6.71 Å². The van der Waals surface area contributed by atoms with Gasteiger partial charge in [0.25, 0.3) is 0 Å². The van der Waals surface area contributed by atoms with Crippen molar-refractivity contribution in [2.75, 3.05) is 0 Å². The van der Waals surface area contributed by atoms with Crippen molar-refractivity contribution in [3.8, 4) is 11.1 Å². The van der Waals surface area contributed by atoms with E-state index in [2.05, 4.69) is 185 Å². The first-order valence-electron chi connectivity index (χ1n) is 20.4. The van der Waals surface area contributed by atoms with Crippen LogP contribution in [0.25, 0.3) is 50.4 Å². The van der Waals surface area contributed by atoms with Gasteiger partial charge in [-0.3, -0.25) is 0 Å². The molecule has 1 atom stereocenters. The highest BCUT2D eigenvalue weighted by atomic mass is 14.3. The second-order valence-corrected chi connectivity index (χ2v) is 15.7. The van der Waals surface area contributed by atoms with E-state index < -0.39 is 0 Å². The molecular weight excluding hydrogens is 659 g/mol. The van der Waals surface area contributed by atoms with Crippen molar-refractivity contribution in [1.29, 1.82) is 0 Å². The van der Waals surface area contributed by atoms with Crippen LogP contribution in [0.5, 0.6) is 0 Å². The highest BCUT2D eigenvalue weighted by molar-refractivity contribution is 6.98. The van der Waals surface area contributed by atoms with Gasteiger partial charge < -0.3 is 0 Å². The van der Waals surface area contributed by atoms with Crippen molar-refractivity contribution in [3.63, 3.8) is 0 Å². The summed E-state index contributed by atoms with van der Waals surface area (Å²) in [7, 11) is 0. The van der Waals surface area contributed by atoms with E-state index in [0.717, 1.165) is 25.7 Å². The average molecular weight is 709 g/mol. The molecule has 3 aliphatic rings. The summed E-state index contributed by atoms with van der Waals surface area (Å²) in [6.07, 6.45) is 30.1. The van der Waals surface area contributed by atoms with Crippen LogP contribution in [0.15, 0.2) is 157 Å². The Morgan fingerprint density at radius 2 is 1.53 bits per heavy atom. The molecule has 0 N–H and O–H groups in total. The highest BCUT2D eigenvalue weighted by Crippen LogP contribution is 2.42. The number of fused-ring (bicyclic) bond motifs is 4.